The Hall–Kier alpha value is -2.49. The molecule has 1 N–H and O–H groups in total. The maximum absolute atomic E-state index is 11.4. The molecule has 0 aliphatic carbocycles. The summed E-state index contributed by atoms with van der Waals surface area (Å²) in [5.41, 5.74) is 4.72. The second-order valence-corrected chi connectivity index (χ2v) is 6.23. The maximum Gasteiger partial charge on any atom is 0.306 e. The van der Waals surface area contributed by atoms with E-state index in [1.807, 2.05) is 13.0 Å². The highest BCUT2D eigenvalue weighted by molar-refractivity contribution is 5.69. The Labute approximate surface area is 149 Å². The smallest absolute Gasteiger partial charge is 0.306 e. The van der Waals surface area contributed by atoms with E-state index < -0.39 is 0 Å². The number of hydrogen-bond donors (Lipinski definition) is 1. The molecule has 4 heteroatoms. The van der Waals surface area contributed by atoms with Crippen molar-refractivity contribution in [1.82, 2.24) is 0 Å². The second kappa shape index (κ2) is 8.56. The number of para-hydroxylation sites is 1. The number of hydrogen-bond acceptors (Lipinski definition) is 4. The molecule has 0 saturated carbocycles. The molecule has 0 unspecified atom stereocenters. The molecule has 4 nitrogen and oxygen atoms in total. The fourth-order valence-electron chi connectivity index (χ4n) is 3.04. The van der Waals surface area contributed by atoms with Gasteiger partial charge in [-0.3, -0.25) is 4.79 Å². The minimum Gasteiger partial charge on any atom is -0.487 e. The minimum atomic E-state index is -0.142. The summed E-state index contributed by atoms with van der Waals surface area (Å²) in [5, 5.41) is 3.45. The molecule has 0 amide bonds. The summed E-state index contributed by atoms with van der Waals surface area (Å²) in [7, 11) is 0. The molecule has 1 aliphatic heterocycles. The molecule has 0 radical (unpaired) electrons. The zero-order valence-corrected chi connectivity index (χ0v) is 14.7. The third-order valence-corrected chi connectivity index (χ3v) is 4.38. The van der Waals surface area contributed by atoms with Crippen LogP contribution in [0.4, 0.5) is 5.69 Å². The van der Waals surface area contributed by atoms with Gasteiger partial charge in [0.2, 0.25) is 0 Å². The standard InChI is InChI=1S/C21H25NO3/c1-2-24-20(23)13-12-16-8-10-17(11-9-16)15-25-19-7-3-5-18-6-4-14-22-21(18)19/h3,5,7-11,22H,2,4,6,12-15H2,1H3. The first kappa shape index (κ1) is 17.3. The predicted octanol–water partition coefficient (Wildman–Crippen LogP) is 4.12. The lowest BCUT2D eigenvalue weighted by molar-refractivity contribution is -0.143. The number of carbonyl (C=O) groups excluding carboxylic acids is 1. The monoisotopic (exact) mass is 339 g/mol. The molecule has 0 aromatic heterocycles. The van der Waals surface area contributed by atoms with Gasteiger partial charge in [0, 0.05) is 13.0 Å². The van der Waals surface area contributed by atoms with E-state index in [2.05, 4.69) is 41.7 Å². The SMILES string of the molecule is CCOC(=O)CCc1ccc(COc2cccc3c2NCCC3)cc1. The van der Waals surface area contributed by atoms with Crippen LogP contribution in [-0.2, 0) is 29.0 Å². The number of nitrogens with one attached hydrogen (secondary N) is 1. The van der Waals surface area contributed by atoms with Gasteiger partial charge in [-0.05, 0) is 48.9 Å². The number of rotatable bonds is 7. The maximum atomic E-state index is 11.4. The predicted molar refractivity (Wildman–Crippen MR) is 99.0 cm³/mol. The third-order valence-electron chi connectivity index (χ3n) is 4.38. The van der Waals surface area contributed by atoms with Crippen LogP contribution < -0.4 is 10.1 Å². The van der Waals surface area contributed by atoms with Crippen LogP contribution in [-0.4, -0.2) is 19.1 Å². The number of carbonyl (C=O) groups is 1. The van der Waals surface area contributed by atoms with Crippen LogP contribution in [0.1, 0.15) is 36.5 Å². The van der Waals surface area contributed by atoms with Crippen molar-refractivity contribution < 1.29 is 14.3 Å². The highest BCUT2D eigenvalue weighted by Crippen LogP contribution is 2.32. The van der Waals surface area contributed by atoms with E-state index in [0.717, 1.165) is 35.5 Å². The van der Waals surface area contributed by atoms with Gasteiger partial charge in [-0.15, -0.1) is 0 Å². The van der Waals surface area contributed by atoms with Gasteiger partial charge in [-0.1, -0.05) is 36.4 Å². The summed E-state index contributed by atoms with van der Waals surface area (Å²) >= 11 is 0. The Morgan fingerprint density at radius 1 is 1.12 bits per heavy atom. The van der Waals surface area contributed by atoms with E-state index in [-0.39, 0.29) is 5.97 Å². The Kier molecular flexibility index (Phi) is 5.94. The number of anilines is 1. The van der Waals surface area contributed by atoms with Crippen LogP contribution >= 0.6 is 0 Å². The molecule has 0 atom stereocenters. The number of ether oxygens (including phenoxy) is 2. The first-order chi connectivity index (χ1) is 12.3. The minimum absolute atomic E-state index is 0.142. The summed E-state index contributed by atoms with van der Waals surface area (Å²) in [5.74, 6) is 0.778. The molecule has 3 rings (SSSR count). The summed E-state index contributed by atoms with van der Waals surface area (Å²) in [4.78, 5) is 11.4. The van der Waals surface area contributed by atoms with Gasteiger partial charge in [-0.2, -0.15) is 0 Å². The van der Waals surface area contributed by atoms with Gasteiger partial charge >= 0.3 is 5.97 Å². The molecular formula is C21H25NO3. The molecule has 0 spiro atoms. The Morgan fingerprint density at radius 3 is 2.72 bits per heavy atom. The quantitative estimate of drug-likeness (QED) is 0.771. The molecule has 132 valence electrons. The summed E-state index contributed by atoms with van der Waals surface area (Å²) in [6, 6.07) is 14.5. The van der Waals surface area contributed by atoms with Crippen molar-refractivity contribution in [2.45, 2.75) is 39.2 Å². The number of esters is 1. The summed E-state index contributed by atoms with van der Waals surface area (Å²) < 4.78 is 11.0. The molecule has 2 aromatic carbocycles. The van der Waals surface area contributed by atoms with Gasteiger partial charge in [-0.25, -0.2) is 0 Å². The number of aryl methyl sites for hydroxylation is 2. The number of benzene rings is 2. The van der Waals surface area contributed by atoms with Gasteiger partial charge in [0.25, 0.3) is 0 Å². The Morgan fingerprint density at radius 2 is 1.92 bits per heavy atom. The van der Waals surface area contributed by atoms with Crippen molar-refractivity contribution >= 4 is 11.7 Å². The van der Waals surface area contributed by atoms with Crippen LogP contribution in [0.3, 0.4) is 0 Å². The molecule has 0 fully saturated rings. The average molecular weight is 339 g/mol. The Bertz CT molecular complexity index is 710. The van der Waals surface area contributed by atoms with Crippen LogP contribution in [0.2, 0.25) is 0 Å². The fourth-order valence-corrected chi connectivity index (χ4v) is 3.04. The zero-order valence-electron chi connectivity index (χ0n) is 14.7. The molecular weight excluding hydrogens is 314 g/mol. The van der Waals surface area contributed by atoms with E-state index in [1.165, 1.54) is 12.0 Å². The lowest BCUT2D eigenvalue weighted by Crippen LogP contribution is -2.13. The van der Waals surface area contributed by atoms with Gasteiger partial charge in [0.15, 0.2) is 0 Å². The van der Waals surface area contributed by atoms with Gasteiger partial charge in [0.1, 0.15) is 12.4 Å². The van der Waals surface area contributed by atoms with Crippen molar-refractivity contribution in [3.05, 3.63) is 59.2 Å². The molecule has 2 aromatic rings. The van der Waals surface area contributed by atoms with E-state index in [1.54, 1.807) is 0 Å². The van der Waals surface area contributed by atoms with E-state index >= 15 is 0 Å². The van der Waals surface area contributed by atoms with Crippen LogP contribution in [0.15, 0.2) is 42.5 Å². The topological polar surface area (TPSA) is 47.6 Å². The van der Waals surface area contributed by atoms with Crippen molar-refractivity contribution in [1.29, 1.82) is 0 Å². The molecule has 25 heavy (non-hydrogen) atoms. The zero-order chi connectivity index (χ0) is 17.5. The molecule has 1 heterocycles. The largest absolute Gasteiger partial charge is 0.487 e. The summed E-state index contributed by atoms with van der Waals surface area (Å²) in [6.07, 6.45) is 3.40. The first-order valence-corrected chi connectivity index (χ1v) is 8.98. The highest BCUT2D eigenvalue weighted by atomic mass is 16.5. The Balaban J connectivity index is 1.55. The van der Waals surface area contributed by atoms with Crippen molar-refractivity contribution in [3.63, 3.8) is 0 Å². The lowest BCUT2D eigenvalue weighted by Gasteiger charge is -2.21. The van der Waals surface area contributed by atoms with Crippen molar-refractivity contribution in [2.24, 2.45) is 0 Å². The van der Waals surface area contributed by atoms with Crippen LogP contribution in [0.5, 0.6) is 5.75 Å². The van der Waals surface area contributed by atoms with Crippen LogP contribution in [0, 0.1) is 0 Å². The van der Waals surface area contributed by atoms with Gasteiger partial charge in [0.05, 0.1) is 12.3 Å². The molecule has 0 saturated heterocycles. The van der Waals surface area contributed by atoms with E-state index in [0.29, 0.717) is 26.1 Å². The van der Waals surface area contributed by atoms with Gasteiger partial charge < -0.3 is 14.8 Å². The number of fused-ring (bicyclic) bond motifs is 1. The normalized spacial score (nSPS) is 12.8. The first-order valence-electron chi connectivity index (χ1n) is 8.98. The van der Waals surface area contributed by atoms with Crippen molar-refractivity contribution in [2.75, 3.05) is 18.5 Å². The lowest BCUT2D eigenvalue weighted by atomic mass is 10.0. The van der Waals surface area contributed by atoms with Crippen molar-refractivity contribution in [3.8, 4) is 5.75 Å². The van der Waals surface area contributed by atoms with Crippen LogP contribution in [0.25, 0.3) is 0 Å². The van der Waals surface area contributed by atoms with E-state index in [9.17, 15) is 4.79 Å². The molecule has 1 aliphatic rings. The fraction of sp³-hybridized carbons (Fsp3) is 0.381. The second-order valence-electron chi connectivity index (χ2n) is 6.23. The highest BCUT2D eigenvalue weighted by Gasteiger charge is 2.13. The molecule has 0 bridgehead atoms. The summed E-state index contributed by atoms with van der Waals surface area (Å²) in [6.45, 7) is 3.80. The average Bonchev–Trinajstić information content (AvgIpc) is 2.66. The third kappa shape index (κ3) is 4.75. The van der Waals surface area contributed by atoms with E-state index in [4.69, 9.17) is 9.47 Å².